The van der Waals surface area contributed by atoms with Gasteiger partial charge >= 0.3 is 12.1 Å². The van der Waals surface area contributed by atoms with Gasteiger partial charge in [-0.3, -0.25) is 0 Å². The molecule has 1 fully saturated rings. The minimum Gasteiger partial charge on any atom is -0.494 e. The van der Waals surface area contributed by atoms with Crippen molar-refractivity contribution in [3.8, 4) is 11.8 Å². The molecule has 3 heterocycles. The summed E-state index contributed by atoms with van der Waals surface area (Å²) in [6, 6.07) is 12.8. The number of hydrogen-bond acceptors (Lipinski definition) is 7. The van der Waals surface area contributed by atoms with Crippen LogP contribution in [-0.4, -0.2) is 64.6 Å². The maximum Gasteiger partial charge on any atom is 0.490 e. The van der Waals surface area contributed by atoms with Crippen LogP contribution in [0.4, 0.5) is 30.4 Å². The Balaban J connectivity index is 0.000000505. The van der Waals surface area contributed by atoms with Gasteiger partial charge in [0, 0.05) is 23.8 Å². The van der Waals surface area contributed by atoms with Crippen molar-refractivity contribution in [3.05, 3.63) is 47.7 Å². The smallest absolute Gasteiger partial charge is 0.490 e. The van der Waals surface area contributed by atoms with Crippen LogP contribution in [0.5, 0.6) is 5.75 Å². The van der Waals surface area contributed by atoms with Crippen molar-refractivity contribution in [1.29, 1.82) is 5.26 Å². The lowest BCUT2D eigenvalue weighted by Crippen LogP contribution is -2.27. The second-order valence-electron chi connectivity index (χ2n) is 8.84. The zero-order valence-corrected chi connectivity index (χ0v) is 21.5. The van der Waals surface area contributed by atoms with Crippen LogP contribution in [0, 0.1) is 18.3 Å². The highest BCUT2D eigenvalue weighted by molar-refractivity contribution is 5.82. The molecular weight excluding hydrogens is 501 g/mol. The first-order valence-electron chi connectivity index (χ1n) is 12.2. The summed E-state index contributed by atoms with van der Waals surface area (Å²) >= 11 is 0. The average Bonchev–Trinajstić information content (AvgIpc) is 3.52. The molecule has 1 saturated heterocycles. The van der Waals surface area contributed by atoms with Crippen molar-refractivity contribution in [2.24, 2.45) is 0 Å². The van der Waals surface area contributed by atoms with Crippen LogP contribution in [0.15, 0.2) is 36.5 Å². The number of carboxylic acids is 1. The zero-order chi connectivity index (χ0) is 27.9. The first kappa shape index (κ1) is 28.6. The van der Waals surface area contributed by atoms with E-state index in [0.717, 1.165) is 47.0 Å². The fourth-order valence-electron chi connectivity index (χ4n) is 4.39. The number of hydrogen-bond donors (Lipinski definition) is 3. The number of alkyl halides is 3. The number of nitrogens with one attached hydrogen (secondary N) is 2. The monoisotopic (exact) mass is 532 g/mol. The molecule has 4 rings (SSSR count). The Morgan fingerprint density at radius 1 is 1.29 bits per heavy atom. The van der Waals surface area contributed by atoms with Gasteiger partial charge in [0.1, 0.15) is 23.2 Å². The Morgan fingerprint density at radius 2 is 1.97 bits per heavy atom. The Morgan fingerprint density at radius 3 is 2.53 bits per heavy atom. The number of nitrogens with zero attached hydrogens (tertiary/aromatic N) is 4. The number of aromatic nitrogens is 2. The first-order chi connectivity index (χ1) is 18.1. The molecule has 2 aromatic heterocycles. The van der Waals surface area contributed by atoms with E-state index in [-0.39, 0.29) is 0 Å². The van der Waals surface area contributed by atoms with Crippen molar-refractivity contribution in [3.63, 3.8) is 0 Å². The number of rotatable bonds is 8. The number of halogens is 3. The molecule has 1 aliphatic rings. The Kier molecular flexibility index (Phi) is 9.41. The summed E-state index contributed by atoms with van der Waals surface area (Å²) in [5, 5.41) is 28.5. The summed E-state index contributed by atoms with van der Waals surface area (Å²) in [4.78, 5) is 11.3. The predicted octanol–water partition coefficient (Wildman–Crippen LogP) is 5.19. The van der Waals surface area contributed by atoms with Gasteiger partial charge in [-0.15, -0.1) is 0 Å². The number of ether oxygens (including phenoxy) is 1. The summed E-state index contributed by atoms with van der Waals surface area (Å²) in [6.07, 6.45) is 0.221. The largest absolute Gasteiger partial charge is 0.494 e. The molecule has 1 aliphatic heterocycles. The number of anilines is 3. The Hall–Kier alpha value is -3.98. The number of aliphatic carboxylic acids is 1. The van der Waals surface area contributed by atoms with E-state index < -0.39 is 12.1 Å². The lowest BCUT2D eigenvalue weighted by Gasteiger charge is -2.22. The third-order valence-corrected chi connectivity index (χ3v) is 6.32. The molecule has 1 aromatic carbocycles. The SMILES string of the molecule is CCOc1ccc(Nc2c(C)c(NCCC3CCCN3C)c(C#N)c3ccnn23)cc1.O=C(O)C(F)(F)F. The van der Waals surface area contributed by atoms with Crippen LogP contribution in [0.2, 0.25) is 0 Å². The van der Waals surface area contributed by atoms with Crippen molar-refractivity contribution >= 4 is 28.7 Å². The van der Waals surface area contributed by atoms with Gasteiger partial charge in [-0.05, 0) is 77.0 Å². The second kappa shape index (κ2) is 12.5. The highest BCUT2D eigenvalue weighted by Gasteiger charge is 2.38. The Labute approximate surface area is 218 Å². The van der Waals surface area contributed by atoms with E-state index in [1.165, 1.54) is 19.4 Å². The number of benzene rings is 1. The van der Waals surface area contributed by atoms with E-state index in [1.54, 1.807) is 10.7 Å². The number of nitriles is 1. The topological polar surface area (TPSA) is 115 Å². The van der Waals surface area contributed by atoms with Gasteiger partial charge in [0.2, 0.25) is 0 Å². The molecule has 204 valence electrons. The van der Waals surface area contributed by atoms with Crippen molar-refractivity contribution in [2.75, 3.05) is 37.4 Å². The van der Waals surface area contributed by atoms with Gasteiger partial charge in [0.15, 0.2) is 0 Å². The third-order valence-electron chi connectivity index (χ3n) is 6.32. The highest BCUT2D eigenvalue weighted by Crippen LogP contribution is 2.33. The molecule has 12 heteroatoms. The number of likely N-dealkylation sites (tertiary alicyclic amines) is 1. The van der Waals surface area contributed by atoms with Gasteiger partial charge in [-0.1, -0.05) is 0 Å². The molecule has 9 nitrogen and oxygen atoms in total. The summed E-state index contributed by atoms with van der Waals surface area (Å²) in [5.41, 5.74) is 4.21. The number of pyridine rings is 1. The molecule has 1 atom stereocenters. The number of carboxylic acid groups (broad SMARTS) is 1. The van der Waals surface area contributed by atoms with Gasteiger partial charge in [-0.2, -0.15) is 23.5 Å². The van der Waals surface area contributed by atoms with E-state index in [1.807, 2.05) is 44.2 Å². The zero-order valence-electron chi connectivity index (χ0n) is 21.5. The van der Waals surface area contributed by atoms with Crippen LogP contribution in [-0.2, 0) is 4.79 Å². The van der Waals surface area contributed by atoms with Crippen LogP contribution in [0.3, 0.4) is 0 Å². The van der Waals surface area contributed by atoms with E-state index in [4.69, 9.17) is 14.6 Å². The summed E-state index contributed by atoms with van der Waals surface area (Å²) < 4.78 is 39.1. The maximum atomic E-state index is 10.6. The van der Waals surface area contributed by atoms with E-state index in [9.17, 15) is 18.4 Å². The molecule has 0 bridgehead atoms. The normalized spacial score (nSPS) is 15.4. The maximum absolute atomic E-state index is 10.6. The predicted molar refractivity (Wildman–Crippen MR) is 138 cm³/mol. The Bertz CT molecular complexity index is 1280. The molecule has 1 unspecified atom stereocenters. The first-order valence-corrected chi connectivity index (χ1v) is 12.2. The van der Waals surface area contributed by atoms with E-state index in [2.05, 4.69) is 33.7 Å². The molecule has 0 spiro atoms. The van der Waals surface area contributed by atoms with Gasteiger partial charge < -0.3 is 25.4 Å². The van der Waals surface area contributed by atoms with Gasteiger partial charge in [0.25, 0.3) is 0 Å². The van der Waals surface area contributed by atoms with Crippen LogP contribution >= 0.6 is 0 Å². The fourth-order valence-corrected chi connectivity index (χ4v) is 4.39. The molecule has 0 amide bonds. The molecule has 38 heavy (non-hydrogen) atoms. The number of fused-ring (bicyclic) bond motifs is 1. The lowest BCUT2D eigenvalue weighted by molar-refractivity contribution is -0.192. The minimum absolute atomic E-state index is 0.610. The number of carbonyl (C=O) groups is 1. The summed E-state index contributed by atoms with van der Waals surface area (Å²) in [5.74, 6) is -1.07. The fraction of sp³-hybridized carbons (Fsp3) is 0.423. The van der Waals surface area contributed by atoms with Crippen molar-refractivity contribution in [1.82, 2.24) is 14.5 Å². The van der Waals surface area contributed by atoms with Gasteiger partial charge in [-0.25, -0.2) is 9.31 Å². The minimum atomic E-state index is -5.08. The third kappa shape index (κ3) is 6.86. The molecular formula is C26H31F3N6O3. The van der Waals surface area contributed by atoms with Crippen molar-refractivity contribution in [2.45, 2.75) is 45.3 Å². The van der Waals surface area contributed by atoms with Gasteiger partial charge in [0.05, 0.1) is 24.0 Å². The molecule has 0 saturated carbocycles. The van der Waals surface area contributed by atoms with E-state index >= 15 is 0 Å². The molecule has 0 aliphatic carbocycles. The molecule has 3 N–H and O–H groups in total. The lowest BCUT2D eigenvalue weighted by atomic mass is 10.1. The second-order valence-corrected chi connectivity index (χ2v) is 8.84. The van der Waals surface area contributed by atoms with Crippen LogP contribution < -0.4 is 15.4 Å². The highest BCUT2D eigenvalue weighted by atomic mass is 19.4. The average molecular weight is 533 g/mol. The van der Waals surface area contributed by atoms with E-state index in [0.29, 0.717) is 18.2 Å². The van der Waals surface area contributed by atoms with Crippen LogP contribution in [0.1, 0.15) is 37.3 Å². The molecule has 3 aromatic rings. The summed E-state index contributed by atoms with van der Waals surface area (Å²) in [7, 11) is 2.20. The molecule has 0 radical (unpaired) electrons. The standard InChI is InChI=1S/C24H30N6O.C2HF3O2/c1-4-31-20-9-7-18(8-10-20)28-24-17(2)23(21(16-25)22-12-14-27-30(22)24)26-13-11-19-6-5-15-29(19)3;3-2(4,5)1(6)7/h7-10,12,14,19,26,28H,4-6,11,13,15H2,1-3H3;(H,6,7). The summed E-state index contributed by atoms with van der Waals surface area (Å²) in [6.45, 7) is 6.65. The van der Waals surface area contributed by atoms with Crippen molar-refractivity contribution < 1.29 is 27.8 Å². The van der Waals surface area contributed by atoms with Crippen LogP contribution in [0.25, 0.3) is 5.52 Å². The quantitative estimate of drug-likeness (QED) is 0.363.